The molecule has 256 valence electrons. The molecule has 0 bridgehead atoms. The first-order chi connectivity index (χ1) is 22.4. The summed E-state index contributed by atoms with van der Waals surface area (Å²) >= 11 is 13.3. The van der Waals surface area contributed by atoms with Crippen molar-refractivity contribution < 1.29 is 31.5 Å². The topological polar surface area (TPSA) is 79.3 Å². The third-order valence-corrected chi connectivity index (χ3v) is 9.13. The highest BCUT2D eigenvalue weighted by molar-refractivity contribution is 6.36. The van der Waals surface area contributed by atoms with Gasteiger partial charge < -0.3 is 20.1 Å². The monoisotopic (exact) mass is 709 g/mol. The summed E-state index contributed by atoms with van der Waals surface area (Å²) in [7, 11) is 1.69. The molecule has 2 N–H and O–H groups in total. The van der Waals surface area contributed by atoms with Crippen LogP contribution in [0, 0.1) is 5.41 Å². The van der Waals surface area contributed by atoms with Gasteiger partial charge in [-0.15, -0.1) is 0 Å². The van der Waals surface area contributed by atoms with Crippen molar-refractivity contribution in [3.8, 4) is 0 Å². The predicted octanol–water partition coefficient (Wildman–Crippen LogP) is 8.01. The molecule has 2 amide bonds. The van der Waals surface area contributed by atoms with Crippen LogP contribution in [0.15, 0.2) is 54.6 Å². The van der Waals surface area contributed by atoms with Crippen molar-refractivity contribution in [3.05, 3.63) is 92.7 Å². The molecule has 1 aliphatic heterocycles. The number of imidazole rings is 1. The number of halogens is 7. The first kappa shape index (κ1) is 35.4. The zero-order valence-electron chi connectivity index (χ0n) is 26.6. The number of aryl methyl sites for hydroxylation is 1. The van der Waals surface area contributed by atoms with Crippen LogP contribution in [0.3, 0.4) is 0 Å². The number of hydrogen-bond acceptors (Lipinski definition) is 4. The second kappa shape index (κ2) is 13.2. The number of fused-ring (bicyclic) bond motifs is 1. The summed E-state index contributed by atoms with van der Waals surface area (Å²) in [6.45, 7) is 4.72. The molecule has 14 heteroatoms. The first-order valence-corrected chi connectivity index (χ1v) is 15.9. The summed E-state index contributed by atoms with van der Waals surface area (Å²) in [5.41, 5.74) is 0.927. The molecule has 1 aromatic heterocycles. The van der Waals surface area contributed by atoms with Crippen LogP contribution in [0.2, 0.25) is 10.0 Å². The molecule has 4 aromatic rings. The van der Waals surface area contributed by atoms with Gasteiger partial charge in [-0.05, 0) is 34.9 Å². The number of carbonyl (C=O) groups is 2. The van der Waals surface area contributed by atoms with E-state index in [9.17, 15) is 31.5 Å². The Kier molecular flexibility index (Phi) is 9.73. The van der Waals surface area contributed by atoms with E-state index >= 15 is 0 Å². The van der Waals surface area contributed by atoms with E-state index in [4.69, 9.17) is 23.2 Å². The van der Waals surface area contributed by atoms with Gasteiger partial charge in [0.2, 0.25) is 5.91 Å². The number of nitrogens with zero attached hydrogens (tertiary/aromatic N) is 3. The highest BCUT2D eigenvalue weighted by Gasteiger charge is 2.43. The lowest BCUT2D eigenvalue weighted by molar-refractivity contribution is -0.155. The lowest BCUT2D eigenvalue weighted by atomic mass is 9.95. The Morgan fingerprint density at radius 3 is 2.33 bits per heavy atom. The molecule has 0 radical (unpaired) electrons. The third-order valence-electron chi connectivity index (χ3n) is 8.30. The first-order valence-electron chi connectivity index (χ1n) is 15.1. The fourth-order valence-corrected chi connectivity index (χ4v) is 6.14. The van der Waals surface area contributed by atoms with E-state index in [1.165, 1.54) is 41.3 Å². The van der Waals surface area contributed by atoms with E-state index in [2.05, 4.69) is 15.6 Å². The Bertz CT molecular complexity index is 1850. The van der Waals surface area contributed by atoms with Crippen LogP contribution in [0.5, 0.6) is 0 Å². The van der Waals surface area contributed by atoms with E-state index in [-0.39, 0.29) is 47.7 Å². The van der Waals surface area contributed by atoms with Gasteiger partial charge in [-0.3, -0.25) is 9.59 Å². The van der Waals surface area contributed by atoms with Crippen molar-refractivity contribution in [3.63, 3.8) is 0 Å². The number of alkyl halides is 5. The van der Waals surface area contributed by atoms with Crippen LogP contribution in [0.25, 0.3) is 11.0 Å². The molecule has 0 saturated carbocycles. The van der Waals surface area contributed by atoms with Crippen molar-refractivity contribution in [1.82, 2.24) is 20.2 Å². The number of rotatable bonds is 8. The molecule has 0 unspecified atom stereocenters. The fourth-order valence-electron chi connectivity index (χ4n) is 5.57. The molecule has 2 heterocycles. The Labute approximate surface area is 284 Å². The molecule has 3 aromatic carbocycles. The largest absolute Gasteiger partial charge is 0.412 e. The number of hydrogen-bond donors (Lipinski definition) is 2. The number of anilines is 1. The zero-order valence-corrected chi connectivity index (χ0v) is 28.1. The Balaban J connectivity index is 1.53. The summed E-state index contributed by atoms with van der Waals surface area (Å²) in [4.78, 5) is 32.0. The maximum absolute atomic E-state index is 14.3. The smallest absolute Gasteiger partial charge is 0.365 e. The van der Waals surface area contributed by atoms with Crippen LogP contribution in [0.1, 0.15) is 66.1 Å². The zero-order chi connectivity index (χ0) is 35.2. The summed E-state index contributed by atoms with van der Waals surface area (Å²) in [6.07, 6.45) is -5.18. The summed E-state index contributed by atoms with van der Waals surface area (Å²) in [5.74, 6) is -3.85. The number of carbonyl (C=O) groups excluding carboxylic acids is 2. The lowest BCUT2D eigenvalue weighted by Crippen LogP contribution is -2.39. The highest BCUT2D eigenvalue weighted by Crippen LogP contribution is 2.38. The number of amides is 2. The maximum Gasteiger partial charge on any atom is 0.412 e. The van der Waals surface area contributed by atoms with E-state index < -0.39 is 42.4 Å². The van der Waals surface area contributed by atoms with Gasteiger partial charge in [0.15, 0.2) is 6.04 Å². The molecule has 7 nitrogen and oxygen atoms in total. The van der Waals surface area contributed by atoms with Crippen molar-refractivity contribution in [2.75, 3.05) is 18.0 Å². The molecule has 5 rings (SSSR count). The lowest BCUT2D eigenvalue weighted by Gasteiger charge is -2.25. The summed E-state index contributed by atoms with van der Waals surface area (Å²) in [6, 6.07) is 10.7. The second-order valence-corrected chi connectivity index (χ2v) is 13.7. The van der Waals surface area contributed by atoms with Crippen LogP contribution in [0.4, 0.5) is 27.6 Å². The molecule has 0 spiro atoms. The molecule has 1 fully saturated rings. The highest BCUT2D eigenvalue weighted by atomic mass is 35.5. The van der Waals surface area contributed by atoms with Crippen LogP contribution >= 0.6 is 23.2 Å². The normalized spacial score (nSPS) is 15.5. The molecule has 48 heavy (non-hydrogen) atoms. The van der Waals surface area contributed by atoms with Crippen LogP contribution < -0.4 is 15.5 Å². The molecule has 0 aliphatic carbocycles. The number of nitrogens with one attached hydrogen (secondary N) is 2. The second-order valence-electron chi connectivity index (χ2n) is 12.9. The van der Waals surface area contributed by atoms with Gasteiger partial charge in [0.25, 0.3) is 11.8 Å². The van der Waals surface area contributed by atoms with Gasteiger partial charge in [0, 0.05) is 43.4 Å². The Morgan fingerprint density at radius 1 is 1.04 bits per heavy atom. The minimum atomic E-state index is -4.83. The Hall–Kier alpha value is -3.90. The van der Waals surface area contributed by atoms with Gasteiger partial charge in [-0.2, -0.15) is 13.2 Å². The van der Waals surface area contributed by atoms with Crippen molar-refractivity contribution >= 4 is 51.7 Å². The molecule has 1 atom stereocenters. The number of aromatic nitrogens is 2. The van der Waals surface area contributed by atoms with E-state index in [1.54, 1.807) is 50.6 Å². The fraction of sp³-hybridized carbons (Fsp3) is 0.382. The minimum absolute atomic E-state index is 0.0633. The predicted molar refractivity (Wildman–Crippen MR) is 176 cm³/mol. The average molecular weight is 711 g/mol. The average Bonchev–Trinajstić information content (AvgIpc) is 3.53. The van der Waals surface area contributed by atoms with E-state index in [0.717, 1.165) is 0 Å². The SMILES string of the molecule is Cn1c(Cc2c(Cl)ccc(CNC(=O)C(C)(C)C)c2Cl)nc2cc(C(=O)N[C@H](c3ccccc3)C(F)(F)F)c(N3CCC(F)(F)C3)cc21. The van der Waals surface area contributed by atoms with Crippen molar-refractivity contribution in [2.45, 2.75) is 58.3 Å². The number of benzene rings is 3. The van der Waals surface area contributed by atoms with Gasteiger partial charge in [0.05, 0.1) is 33.9 Å². The van der Waals surface area contributed by atoms with Crippen LogP contribution in [-0.2, 0) is 24.8 Å². The molecular weight excluding hydrogens is 676 g/mol. The molecule has 1 aliphatic rings. The van der Waals surface area contributed by atoms with Crippen molar-refractivity contribution in [1.29, 1.82) is 0 Å². The van der Waals surface area contributed by atoms with E-state index in [0.29, 0.717) is 32.5 Å². The molecular formula is C34H34Cl2F5N5O2. The van der Waals surface area contributed by atoms with Crippen molar-refractivity contribution in [2.24, 2.45) is 12.5 Å². The maximum atomic E-state index is 14.3. The molecule has 1 saturated heterocycles. The van der Waals surface area contributed by atoms with E-state index in [1.807, 2.05) is 0 Å². The summed E-state index contributed by atoms with van der Waals surface area (Å²) < 4.78 is 72.8. The third kappa shape index (κ3) is 7.54. The van der Waals surface area contributed by atoms with Gasteiger partial charge >= 0.3 is 6.18 Å². The summed E-state index contributed by atoms with van der Waals surface area (Å²) in [5, 5.41) is 5.60. The quantitative estimate of drug-likeness (QED) is 0.182. The van der Waals surface area contributed by atoms with Gasteiger partial charge in [-0.1, -0.05) is 80.4 Å². The van der Waals surface area contributed by atoms with Gasteiger partial charge in [0.1, 0.15) is 5.82 Å². The van der Waals surface area contributed by atoms with Crippen LogP contribution in [-0.4, -0.2) is 46.6 Å². The van der Waals surface area contributed by atoms with Gasteiger partial charge in [-0.25, -0.2) is 13.8 Å². The standard InChI is InChI=1S/C34H34Cl2F5N5O2/c1-32(2,3)31(48)42-17-20-10-11-23(35)21(28(20)36)15-27-43-24-14-22(25(16-26(24)45(27)4)46-13-12-33(37,38)18-46)30(47)44-29(34(39,40)41)19-8-6-5-7-9-19/h5-11,14,16,29H,12-13,15,17-18H2,1-4H3,(H,42,48)(H,44,47)/t29-/m1/s1. The minimum Gasteiger partial charge on any atom is -0.365 e. The Morgan fingerprint density at radius 2 is 1.73 bits per heavy atom.